The third-order valence-electron chi connectivity index (χ3n) is 2.98. The number of carbonyl (C=O) groups is 1. The first-order valence-corrected chi connectivity index (χ1v) is 6.82. The molecule has 0 N–H and O–H groups in total. The van der Waals surface area contributed by atoms with Crippen LogP contribution in [-0.2, 0) is 17.6 Å². The van der Waals surface area contributed by atoms with Crippen molar-refractivity contribution in [3.05, 3.63) is 63.4 Å². The number of methoxy groups -OCH3 is 1. The number of halogens is 2. The molecule has 1 aromatic heterocycles. The van der Waals surface area contributed by atoms with Gasteiger partial charge in [-0.3, -0.25) is 4.98 Å². The number of carbonyl (C=O) groups excluding carboxylic acids is 1. The average molecular weight is 310 g/mol. The van der Waals surface area contributed by atoms with Crippen LogP contribution in [0, 0.1) is 0 Å². The summed E-state index contributed by atoms with van der Waals surface area (Å²) in [5, 5.41) is 1.07. The number of aromatic nitrogens is 1. The minimum absolute atomic E-state index is 0.350. The number of ether oxygens (including phenoxy) is 1. The Morgan fingerprint density at radius 1 is 1.20 bits per heavy atom. The number of hydrogen-bond acceptors (Lipinski definition) is 3. The number of benzene rings is 1. The largest absolute Gasteiger partial charge is 0.465 e. The van der Waals surface area contributed by atoms with Crippen LogP contribution in [-0.4, -0.2) is 18.1 Å². The predicted molar refractivity (Wildman–Crippen MR) is 79.4 cm³/mol. The highest BCUT2D eigenvalue weighted by atomic mass is 35.5. The van der Waals surface area contributed by atoms with E-state index in [9.17, 15) is 4.79 Å². The normalized spacial score (nSPS) is 10.3. The quantitative estimate of drug-likeness (QED) is 0.802. The lowest BCUT2D eigenvalue weighted by atomic mass is 10.0. The van der Waals surface area contributed by atoms with E-state index in [0.29, 0.717) is 22.0 Å². The highest BCUT2D eigenvalue weighted by Crippen LogP contribution is 2.23. The van der Waals surface area contributed by atoms with Crippen LogP contribution in [0.2, 0.25) is 10.0 Å². The van der Waals surface area contributed by atoms with E-state index in [-0.39, 0.29) is 5.97 Å². The Balaban J connectivity index is 2.14. The van der Waals surface area contributed by atoms with Crippen LogP contribution >= 0.6 is 23.2 Å². The zero-order valence-corrected chi connectivity index (χ0v) is 12.4. The molecule has 20 heavy (non-hydrogen) atoms. The SMILES string of the molecule is COC(=O)c1ccncc1CCc1ccc(Cl)c(Cl)c1. The lowest BCUT2D eigenvalue weighted by Crippen LogP contribution is -2.07. The van der Waals surface area contributed by atoms with E-state index in [1.165, 1.54) is 7.11 Å². The number of nitrogens with zero attached hydrogens (tertiary/aromatic N) is 1. The van der Waals surface area contributed by atoms with Gasteiger partial charge in [-0.2, -0.15) is 0 Å². The van der Waals surface area contributed by atoms with Gasteiger partial charge in [-0.25, -0.2) is 4.79 Å². The van der Waals surface area contributed by atoms with Crippen LogP contribution in [0.3, 0.4) is 0 Å². The molecule has 0 saturated heterocycles. The molecule has 1 heterocycles. The predicted octanol–water partition coefficient (Wildman–Crippen LogP) is 3.96. The van der Waals surface area contributed by atoms with E-state index in [2.05, 4.69) is 4.98 Å². The number of esters is 1. The molecule has 0 aliphatic carbocycles. The van der Waals surface area contributed by atoms with Crippen LogP contribution < -0.4 is 0 Å². The summed E-state index contributed by atoms with van der Waals surface area (Å²) in [7, 11) is 1.37. The molecule has 0 spiro atoms. The van der Waals surface area contributed by atoms with Gasteiger partial charge in [-0.05, 0) is 42.2 Å². The minimum Gasteiger partial charge on any atom is -0.465 e. The third kappa shape index (κ3) is 3.50. The molecule has 0 saturated carbocycles. The summed E-state index contributed by atoms with van der Waals surface area (Å²) in [4.78, 5) is 15.7. The van der Waals surface area contributed by atoms with Gasteiger partial charge in [0.05, 0.1) is 22.7 Å². The van der Waals surface area contributed by atoms with Crippen molar-refractivity contribution >= 4 is 29.2 Å². The van der Waals surface area contributed by atoms with Gasteiger partial charge in [0.1, 0.15) is 0 Å². The molecule has 5 heteroatoms. The van der Waals surface area contributed by atoms with Crippen molar-refractivity contribution in [2.75, 3.05) is 7.11 Å². The van der Waals surface area contributed by atoms with Gasteiger partial charge in [-0.1, -0.05) is 29.3 Å². The fourth-order valence-corrected chi connectivity index (χ4v) is 2.23. The second kappa shape index (κ2) is 6.73. The lowest BCUT2D eigenvalue weighted by molar-refractivity contribution is 0.0599. The summed E-state index contributed by atoms with van der Waals surface area (Å²) >= 11 is 11.9. The molecule has 0 bridgehead atoms. The van der Waals surface area contributed by atoms with Crippen molar-refractivity contribution < 1.29 is 9.53 Å². The topological polar surface area (TPSA) is 39.2 Å². The van der Waals surface area contributed by atoms with Crippen molar-refractivity contribution in [1.29, 1.82) is 0 Å². The van der Waals surface area contributed by atoms with E-state index in [4.69, 9.17) is 27.9 Å². The molecule has 0 amide bonds. The first kappa shape index (κ1) is 14.8. The molecule has 0 atom stereocenters. The Morgan fingerprint density at radius 3 is 2.70 bits per heavy atom. The molecule has 0 aliphatic rings. The van der Waals surface area contributed by atoms with Gasteiger partial charge in [0.2, 0.25) is 0 Å². The van der Waals surface area contributed by atoms with Gasteiger partial charge in [0.15, 0.2) is 0 Å². The standard InChI is InChI=1S/C15H13Cl2NO2/c1-20-15(19)12-6-7-18-9-11(12)4-2-10-3-5-13(16)14(17)8-10/h3,5-9H,2,4H2,1H3. The third-order valence-corrected chi connectivity index (χ3v) is 3.71. The van der Waals surface area contributed by atoms with Crippen LogP contribution in [0.5, 0.6) is 0 Å². The maximum atomic E-state index is 11.7. The molecular formula is C15H13Cl2NO2. The van der Waals surface area contributed by atoms with Crippen molar-refractivity contribution in [2.24, 2.45) is 0 Å². The average Bonchev–Trinajstić information content (AvgIpc) is 2.48. The highest BCUT2D eigenvalue weighted by molar-refractivity contribution is 6.42. The number of pyridine rings is 1. The van der Waals surface area contributed by atoms with Crippen LogP contribution in [0.25, 0.3) is 0 Å². The van der Waals surface area contributed by atoms with Crippen molar-refractivity contribution in [1.82, 2.24) is 4.98 Å². The zero-order chi connectivity index (χ0) is 14.5. The number of rotatable bonds is 4. The summed E-state index contributed by atoms with van der Waals surface area (Å²) in [6, 6.07) is 7.18. The van der Waals surface area contributed by atoms with Crippen molar-refractivity contribution in [3.63, 3.8) is 0 Å². The number of hydrogen-bond donors (Lipinski definition) is 0. The summed E-state index contributed by atoms with van der Waals surface area (Å²) in [5.74, 6) is -0.350. The van der Waals surface area contributed by atoms with E-state index < -0.39 is 0 Å². The van der Waals surface area contributed by atoms with Crippen LogP contribution in [0.1, 0.15) is 21.5 Å². The Bertz CT molecular complexity index is 629. The molecule has 0 aliphatic heterocycles. The summed E-state index contributed by atoms with van der Waals surface area (Å²) in [6.07, 6.45) is 4.68. The molecule has 0 fully saturated rings. The first-order chi connectivity index (χ1) is 9.61. The van der Waals surface area contributed by atoms with Gasteiger partial charge < -0.3 is 4.74 Å². The zero-order valence-electron chi connectivity index (χ0n) is 10.9. The van der Waals surface area contributed by atoms with E-state index in [0.717, 1.165) is 17.5 Å². The van der Waals surface area contributed by atoms with E-state index in [1.54, 1.807) is 24.5 Å². The van der Waals surface area contributed by atoms with Crippen LogP contribution in [0.4, 0.5) is 0 Å². The van der Waals surface area contributed by atoms with Crippen LogP contribution in [0.15, 0.2) is 36.7 Å². The molecule has 0 unspecified atom stereocenters. The fraction of sp³-hybridized carbons (Fsp3) is 0.200. The molecule has 0 radical (unpaired) electrons. The molecule has 2 aromatic rings. The minimum atomic E-state index is -0.350. The molecule has 1 aromatic carbocycles. The van der Waals surface area contributed by atoms with Crippen molar-refractivity contribution in [3.8, 4) is 0 Å². The maximum absolute atomic E-state index is 11.7. The Labute approximate surface area is 127 Å². The Kier molecular flexibility index (Phi) is 4.99. The van der Waals surface area contributed by atoms with Gasteiger partial charge >= 0.3 is 5.97 Å². The smallest absolute Gasteiger partial charge is 0.338 e. The Morgan fingerprint density at radius 2 is 2.00 bits per heavy atom. The summed E-state index contributed by atoms with van der Waals surface area (Å²) in [6.45, 7) is 0. The fourth-order valence-electron chi connectivity index (χ4n) is 1.91. The summed E-state index contributed by atoms with van der Waals surface area (Å²) < 4.78 is 4.76. The second-order valence-electron chi connectivity index (χ2n) is 4.27. The Hall–Kier alpha value is -1.58. The molecule has 2 rings (SSSR count). The monoisotopic (exact) mass is 309 g/mol. The molecule has 104 valence electrons. The van der Waals surface area contributed by atoms with Gasteiger partial charge in [0, 0.05) is 12.4 Å². The highest BCUT2D eigenvalue weighted by Gasteiger charge is 2.11. The van der Waals surface area contributed by atoms with Crippen molar-refractivity contribution in [2.45, 2.75) is 12.8 Å². The maximum Gasteiger partial charge on any atom is 0.338 e. The van der Waals surface area contributed by atoms with Gasteiger partial charge in [0.25, 0.3) is 0 Å². The van der Waals surface area contributed by atoms with Gasteiger partial charge in [-0.15, -0.1) is 0 Å². The van der Waals surface area contributed by atoms with E-state index >= 15 is 0 Å². The second-order valence-corrected chi connectivity index (χ2v) is 5.09. The lowest BCUT2D eigenvalue weighted by Gasteiger charge is -2.07. The molecule has 3 nitrogen and oxygen atoms in total. The first-order valence-electron chi connectivity index (χ1n) is 6.07. The summed E-state index contributed by atoms with van der Waals surface area (Å²) in [5.41, 5.74) is 2.45. The molecular weight excluding hydrogens is 297 g/mol. The number of aryl methyl sites for hydroxylation is 2. The van der Waals surface area contributed by atoms with E-state index in [1.807, 2.05) is 12.1 Å².